The Kier molecular flexibility index (Phi) is 4.27. The van der Waals surface area contributed by atoms with E-state index >= 15 is 0 Å². The van der Waals surface area contributed by atoms with Crippen molar-refractivity contribution in [2.24, 2.45) is 0 Å². The third kappa shape index (κ3) is 3.23. The van der Waals surface area contributed by atoms with Gasteiger partial charge in [0.2, 0.25) is 5.89 Å². The fourth-order valence-electron chi connectivity index (χ4n) is 2.86. The number of aromatic nitrogens is 4. The molecular weight excluding hydrogens is 347 g/mol. The summed E-state index contributed by atoms with van der Waals surface area (Å²) in [6.07, 6.45) is 0.418. The molecule has 0 fully saturated rings. The number of ether oxygens (including phenoxy) is 1. The molecule has 2 aromatic carbocycles. The Morgan fingerprint density at radius 1 is 0.963 bits per heavy atom. The molecule has 0 aliphatic carbocycles. The minimum atomic E-state index is -0.280. The van der Waals surface area contributed by atoms with Crippen molar-refractivity contribution in [2.45, 2.75) is 20.3 Å². The van der Waals surface area contributed by atoms with Gasteiger partial charge in [-0.2, -0.15) is 0 Å². The summed E-state index contributed by atoms with van der Waals surface area (Å²) >= 11 is 0. The highest BCUT2D eigenvalue weighted by atomic mass is 19.1. The van der Waals surface area contributed by atoms with Crippen LogP contribution < -0.4 is 4.74 Å². The maximum absolute atomic E-state index is 13.0. The first-order chi connectivity index (χ1) is 13.0. The van der Waals surface area contributed by atoms with Gasteiger partial charge in [-0.25, -0.2) is 14.4 Å². The van der Waals surface area contributed by atoms with Crippen LogP contribution in [0.4, 0.5) is 4.39 Å². The molecule has 27 heavy (non-hydrogen) atoms. The molecule has 0 amide bonds. The summed E-state index contributed by atoms with van der Waals surface area (Å²) in [5, 5.41) is 8.23. The van der Waals surface area contributed by atoms with Crippen LogP contribution in [0.2, 0.25) is 0 Å². The fourth-order valence-corrected chi connectivity index (χ4v) is 2.86. The largest absolute Gasteiger partial charge is 0.494 e. The number of nitrogens with zero attached hydrogens (tertiary/aromatic N) is 4. The van der Waals surface area contributed by atoms with E-state index in [-0.39, 0.29) is 5.82 Å². The second kappa shape index (κ2) is 6.75. The van der Waals surface area contributed by atoms with Gasteiger partial charge >= 0.3 is 0 Å². The topological polar surface area (TPSA) is 73.9 Å². The molecule has 0 saturated carbocycles. The Morgan fingerprint density at radius 2 is 1.70 bits per heavy atom. The summed E-state index contributed by atoms with van der Waals surface area (Å²) in [6, 6.07) is 9.88. The van der Waals surface area contributed by atoms with Crippen molar-refractivity contribution in [3.63, 3.8) is 0 Å². The molecule has 6 nitrogen and oxygen atoms in total. The average molecular weight is 364 g/mol. The predicted molar refractivity (Wildman–Crippen MR) is 98.1 cm³/mol. The van der Waals surface area contributed by atoms with Crippen LogP contribution in [0.1, 0.15) is 22.8 Å². The Labute approximate surface area is 155 Å². The molecule has 4 aromatic rings. The number of aryl methyl sites for hydroxylation is 2. The fraction of sp³-hybridized carbons (Fsp3) is 0.200. The number of hydrogen-bond acceptors (Lipinski definition) is 6. The Bertz CT molecular complexity index is 1120. The molecule has 0 aliphatic heterocycles. The van der Waals surface area contributed by atoms with Crippen molar-refractivity contribution in [3.8, 4) is 17.2 Å². The van der Waals surface area contributed by atoms with Crippen molar-refractivity contribution < 1.29 is 13.5 Å². The van der Waals surface area contributed by atoms with E-state index in [1.807, 2.05) is 26.0 Å². The molecule has 0 N–H and O–H groups in total. The van der Waals surface area contributed by atoms with E-state index in [0.717, 1.165) is 22.5 Å². The van der Waals surface area contributed by atoms with Crippen LogP contribution in [0.25, 0.3) is 22.5 Å². The first-order valence-electron chi connectivity index (χ1n) is 8.44. The first-order valence-corrected chi connectivity index (χ1v) is 8.44. The molecule has 2 aromatic heterocycles. The zero-order chi connectivity index (χ0) is 19.0. The second-order valence-electron chi connectivity index (χ2n) is 6.21. The molecule has 0 spiro atoms. The van der Waals surface area contributed by atoms with E-state index < -0.39 is 0 Å². The van der Waals surface area contributed by atoms with Crippen molar-refractivity contribution in [1.82, 2.24) is 20.2 Å². The SMILES string of the molecule is COc1c(-c2nnc(Cc3ccc(F)cc3)o2)ccc2nc(C)c(C)nc12. The molecular formula is C20H17FN4O2. The highest BCUT2D eigenvalue weighted by Gasteiger charge is 2.18. The maximum atomic E-state index is 13.0. The highest BCUT2D eigenvalue weighted by Crippen LogP contribution is 2.35. The van der Waals surface area contributed by atoms with E-state index in [1.165, 1.54) is 12.1 Å². The van der Waals surface area contributed by atoms with Crippen LogP contribution >= 0.6 is 0 Å². The molecule has 0 atom stereocenters. The summed E-state index contributed by atoms with van der Waals surface area (Å²) in [7, 11) is 1.57. The summed E-state index contributed by atoms with van der Waals surface area (Å²) in [5.74, 6) is 1.04. The van der Waals surface area contributed by atoms with Gasteiger partial charge in [0.25, 0.3) is 5.89 Å². The van der Waals surface area contributed by atoms with E-state index in [9.17, 15) is 4.39 Å². The molecule has 2 heterocycles. The summed E-state index contributed by atoms with van der Waals surface area (Å²) < 4.78 is 24.4. The van der Waals surface area contributed by atoms with Gasteiger partial charge in [0.1, 0.15) is 11.3 Å². The van der Waals surface area contributed by atoms with Crippen molar-refractivity contribution in [3.05, 3.63) is 65.1 Å². The number of rotatable bonds is 4. The lowest BCUT2D eigenvalue weighted by atomic mass is 10.1. The maximum Gasteiger partial charge on any atom is 0.251 e. The zero-order valence-corrected chi connectivity index (χ0v) is 15.2. The Morgan fingerprint density at radius 3 is 2.44 bits per heavy atom. The normalized spacial score (nSPS) is 11.1. The molecule has 0 saturated heterocycles. The van der Waals surface area contributed by atoms with Crippen LogP contribution in [0.5, 0.6) is 5.75 Å². The summed E-state index contributed by atoms with van der Waals surface area (Å²) in [4.78, 5) is 9.15. The van der Waals surface area contributed by atoms with E-state index in [1.54, 1.807) is 19.2 Å². The van der Waals surface area contributed by atoms with Crippen molar-refractivity contribution in [2.75, 3.05) is 7.11 Å². The number of halogens is 1. The van der Waals surface area contributed by atoms with Gasteiger partial charge in [-0.1, -0.05) is 12.1 Å². The van der Waals surface area contributed by atoms with Gasteiger partial charge < -0.3 is 9.15 Å². The number of hydrogen-bond donors (Lipinski definition) is 0. The van der Waals surface area contributed by atoms with Gasteiger partial charge in [-0.05, 0) is 43.7 Å². The van der Waals surface area contributed by atoms with Crippen molar-refractivity contribution >= 4 is 11.0 Å². The highest BCUT2D eigenvalue weighted by molar-refractivity contribution is 5.88. The molecule has 7 heteroatoms. The number of benzene rings is 2. The molecule has 0 bridgehead atoms. The lowest BCUT2D eigenvalue weighted by Gasteiger charge is -2.10. The predicted octanol–water partition coefficient (Wildman–Crippen LogP) is 4.04. The minimum Gasteiger partial charge on any atom is -0.494 e. The van der Waals surface area contributed by atoms with Gasteiger partial charge in [-0.15, -0.1) is 10.2 Å². The van der Waals surface area contributed by atoms with Crippen LogP contribution in [-0.2, 0) is 6.42 Å². The van der Waals surface area contributed by atoms with E-state index in [4.69, 9.17) is 9.15 Å². The zero-order valence-electron chi connectivity index (χ0n) is 15.2. The molecule has 4 rings (SSSR count). The Hall–Kier alpha value is -3.35. The van der Waals surface area contributed by atoms with Gasteiger partial charge in [0.05, 0.1) is 36.0 Å². The quantitative estimate of drug-likeness (QED) is 0.544. The van der Waals surface area contributed by atoms with Crippen LogP contribution in [0.3, 0.4) is 0 Å². The van der Waals surface area contributed by atoms with Crippen LogP contribution in [-0.4, -0.2) is 27.3 Å². The van der Waals surface area contributed by atoms with Crippen LogP contribution in [0.15, 0.2) is 40.8 Å². The molecule has 136 valence electrons. The molecule has 0 aliphatic rings. The third-order valence-electron chi connectivity index (χ3n) is 4.37. The average Bonchev–Trinajstić information content (AvgIpc) is 3.12. The first kappa shape index (κ1) is 17.1. The Balaban J connectivity index is 1.73. The lowest BCUT2D eigenvalue weighted by molar-refractivity contribution is 0.417. The number of methoxy groups -OCH3 is 1. The van der Waals surface area contributed by atoms with Crippen molar-refractivity contribution in [1.29, 1.82) is 0 Å². The van der Waals surface area contributed by atoms with Gasteiger partial charge in [0.15, 0.2) is 5.75 Å². The van der Waals surface area contributed by atoms with Gasteiger partial charge in [-0.3, -0.25) is 0 Å². The monoisotopic (exact) mass is 364 g/mol. The second-order valence-corrected chi connectivity index (χ2v) is 6.21. The van der Waals surface area contributed by atoms with E-state index in [2.05, 4.69) is 20.2 Å². The smallest absolute Gasteiger partial charge is 0.251 e. The molecule has 0 radical (unpaired) electrons. The summed E-state index contributed by atoms with van der Waals surface area (Å²) in [5.41, 5.74) is 4.63. The lowest BCUT2D eigenvalue weighted by Crippen LogP contribution is -1.97. The number of fused-ring (bicyclic) bond motifs is 1. The van der Waals surface area contributed by atoms with E-state index in [0.29, 0.717) is 35.0 Å². The standard InChI is InChI=1S/C20H17FN4O2/c1-11-12(2)23-18-16(22-11)9-8-15(19(18)26-3)20-25-24-17(27-20)10-13-4-6-14(21)7-5-13/h4-9H,10H2,1-3H3. The summed E-state index contributed by atoms with van der Waals surface area (Å²) in [6.45, 7) is 3.82. The van der Waals surface area contributed by atoms with Crippen LogP contribution in [0, 0.1) is 19.7 Å². The molecule has 0 unspecified atom stereocenters. The van der Waals surface area contributed by atoms with Gasteiger partial charge in [0, 0.05) is 0 Å². The minimum absolute atomic E-state index is 0.280. The third-order valence-corrected chi connectivity index (χ3v) is 4.37.